The van der Waals surface area contributed by atoms with Crippen LogP contribution in [-0.4, -0.2) is 22.7 Å². The molecule has 1 heterocycles. The Balaban J connectivity index is 1.76. The van der Waals surface area contributed by atoms with Gasteiger partial charge in [-0.15, -0.1) is 0 Å². The summed E-state index contributed by atoms with van der Waals surface area (Å²) in [6, 6.07) is 12.1. The molecule has 0 aromatic heterocycles. The van der Waals surface area contributed by atoms with E-state index in [1.165, 1.54) is 12.1 Å². The van der Waals surface area contributed by atoms with Crippen molar-refractivity contribution in [3.63, 3.8) is 0 Å². The maximum Gasteiger partial charge on any atom is 0.295 e. The monoisotopic (exact) mass is 356 g/mol. The quantitative estimate of drug-likeness (QED) is 0.817. The highest BCUT2D eigenvalue weighted by atomic mass is 32.2. The largest absolute Gasteiger partial charge is 0.367 e. The number of benzene rings is 2. The van der Waals surface area contributed by atoms with Crippen molar-refractivity contribution in [1.82, 2.24) is 4.90 Å². The van der Waals surface area contributed by atoms with Gasteiger partial charge in [-0.1, -0.05) is 30.3 Å². The first-order valence-corrected chi connectivity index (χ1v) is 8.58. The molecule has 6 heteroatoms. The number of nitrogens with zero attached hydrogens (tertiary/aromatic N) is 1. The number of rotatable bonds is 4. The molecule has 1 aliphatic heterocycles. The van der Waals surface area contributed by atoms with Gasteiger partial charge in [0.1, 0.15) is 5.82 Å². The van der Waals surface area contributed by atoms with Crippen molar-refractivity contribution in [3.05, 3.63) is 69.9 Å². The van der Waals surface area contributed by atoms with Crippen LogP contribution < -0.4 is 5.32 Å². The number of hydrogen-bond acceptors (Lipinski definition) is 4. The van der Waals surface area contributed by atoms with Crippen molar-refractivity contribution in [3.8, 4) is 0 Å². The van der Waals surface area contributed by atoms with E-state index in [-0.39, 0.29) is 22.4 Å². The van der Waals surface area contributed by atoms with Crippen molar-refractivity contribution in [2.75, 3.05) is 12.0 Å². The van der Waals surface area contributed by atoms with Gasteiger partial charge in [0, 0.05) is 11.3 Å². The number of carbonyl (C=O) groups is 2. The molecular formula is C19H17FN2O2S. The highest BCUT2D eigenvalue weighted by Crippen LogP contribution is 2.32. The molecule has 2 aromatic rings. The second kappa shape index (κ2) is 7.11. The number of hydrogen-bond donors (Lipinski definition) is 1. The van der Waals surface area contributed by atoms with Crippen LogP contribution >= 0.6 is 11.8 Å². The molecule has 0 spiro atoms. The lowest BCUT2D eigenvalue weighted by Gasteiger charge is -2.16. The Morgan fingerprint density at radius 2 is 1.92 bits per heavy atom. The molecule has 3 rings (SSSR count). The average Bonchev–Trinajstić information content (AvgIpc) is 2.84. The van der Waals surface area contributed by atoms with Gasteiger partial charge in [-0.2, -0.15) is 0 Å². The molecular weight excluding hydrogens is 339 g/mol. The van der Waals surface area contributed by atoms with Crippen LogP contribution in [0, 0.1) is 19.7 Å². The molecule has 1 fully saturated rings. The predicted octanol–water partition coefficient (Wildman–Crippen LogP) is 4.55. The number of amides is 2. The Bertz CT molecular complexity index is 879. The van der Waals surface area contributed by atoms with Crippen molar-refractivity contribution in [1.29, 1.82) is 0 Å². The maximum absolute atomic E-state index is 13.7. The Hall–Kier alpha value is -2.60. The molecule has 0 bridgehead atoms. The summed E-state index contributed by atoms with van der Waals surface area (Å²) in [5.41, 5.74) is 3.27. The van der Waals surface area contributed by atoms with Crippen LogP contribution in [0.15, 0.2) is 47.4 Å². The van der Waals surface area contributed by atoms with Crippen LogP contribution in [0.5, 0.6) is 0 Å². The van der Waals surface area contributed by atoms with Gasteiger partial charge >= 0.3 is 0 Å². The Kier molecular flexibility index (Phi) is 4.90. The van der Waals surface area contributed by atoms with Crippen LogP contribution in [0.25, 0.3) is 6.08 Å². The summed E-state index contributed by atoms with van der Waals surface area (Å²) in [4.78, 5) is 25.9. The Labute approximate surface area is 149 Å². The summed E-state index contributed by atoms with van der Waals surface area (Å²) in [7, 11) is 0. The van der Waals surface area contributed by atoms with Gasteiger partial charge in [0.2, 0.25) is 0 Å². The highest BCUT2D eigenvalue weighted by Gasteiger charge is 2.35. The van der Waals surface area contributed by atoms with Crippen LogP contribution in [0.3, 0.4) is 0 Å². The first-order valence-electron chi connectivity index (χ1n) is 7.77. The number of nitrogens with one attached hydrogen (secondary N) is 1. The molecule has 4 nitrogen and oxygen atoms in total. The summed E-state index contributed by atoms with van der Waals surface area (Å²) in [5, 5.41) is 2.75. The van der Waals surface area contributed by atoms with Gasteiger partial charge in [0.05, 0.1) is 11.6 Å². The molecule has 1 N–H and O–H groups in total. The summed E-state index contributed by atoms with van der Waals surface area (Å²) < 4.78 is 13.7. The van der Waals surface area contributed by atoms with E-state index in [4.69, 9.17) is 0 Å². The Morgan fingerprint density at radius 3 is 2.68 bits per heavy atom. The molecule has 1 saturated heterocycles. The lowest BCUT2D eigenvalue weighted by atomic mass is 10.1. The van der Waals surface area contributed by atoms with E-state index in [1.54, 1.807) is 18.2 Å². The first-order chi connectivity index (χ1) is 12.0. The number of thioether (sulfide) groups is 1. The summed E-state index contributed by atoms with van der Waals surface area (Å²) >= 11 is 0.820. The smallest absolute Gasteiger partial charge is 0.295 e. The second-order valence-corrected chi connectivity index (χ2v) is 6.78. The number of carbonyl (C=O) groups excluding carboxylic acids is 2. The van der Waals surface area contributed by atoms with Gasteiger partial charge in [-0.05, 0) is 54.9 Å². The van der Waals surface area contributed by atoms with Crippen LogP contribution in [-0.2, 0) is 4.79 Å². The molecule has 2 aromatic carbocycles. The molecule has 25 heavy (non-hydrogen) atoms. The summed E-state index contributed by atoms with van der Waals surface area (Å²) in [5.74, 6) is -0.848. The second-order valence-electron chi connectivity index (χ2n) is 5.78. The van der Waals surface area contributed by atoms with E-state index in [1.807, 2.05) is 32.0 Å². The van der Waals surface area contributed by atoms with Gasteiger partial charge < -0.3 is 5.32 Å². The fraction of sp³-hybridized carbons (Fsp3) is 0.158. The minimum absolute atomic E-state index is 0.0730. The first kappa shape index (κ1) is 17.2. The zero-order valence-electron chi connectivity index (χ0n) is 13.9. The minimum Gasteiger partial charge on any atom is -0.367 e. The number of imide groups is 1. The van der Waals surface area contributed by atoms with Crippen molar-refractivity contribution < 1.29 is 14.0 Å². The summed E-state index contributed by atoms with van der Waals surface area (Å²) in [6.07, 6.45) is 1.41. The van der Waals surface area contributed by atoms with Crippen LogP contribution in [0.2, 0.25) is 0 Å². The highest BCUT2D eigenvalue weighted by molar-refractivity contribution is 8.18. The van der Waals surface area contributed by atoms with Gasteiger partial charge in [-0.25, -0.2) is 4.39 Å². The lowest BCUT2D eigenvalue weighted by Crippen LogP contribution is -2.33. The van der Waals surface area contributed by atoms with Crippen molar-refractivity contribution in [2.24, 2.45) is 0 Å². The van der Waals surface area contributed by atoms with E-state index in [0.717, 1.165) is 33.5 Å². The molecule has 0 aliphatic carbocycles. The predicted molar refractivity (Wildman–Crippen MR) is 98.6 cm³/mol. The van der Waals surface area contributed by atoms with Crippen LogP contribution in [0.1, 0.15) is 16.7 Å². The molecule has 0 saturated carbocycles. The lowest BCUT2D eigenvalue weighted by molar-refractivity contribution is -0.122. The van der Waals surface area contributed by atoms with E-state index >= 15 is 0 Å². The van der Waals surface area contributed by atoms with E-state index in [9.17, 15) is 14.0 Å². The van der Waals surface area contributed by atoms with Crippen LogP contribution in [0.4, 0.5) is 14.9 Å². The van der Waals surface area contributed by atoms with E-state index in [0.29, 0.717) is 0 Å². The number of halogens is 1. The number of aryl methyl sites for hydroxylation is 2. The Morgan fingerprint density at radius 1 is 1.16 bits per heavy atom. The zero-order valence-corrected chi connectivity index (χ0v) is 14.7. The molecule has 0 atom stereocenters. The van der Waals surface area contributed by atoms with Gasteiger partial charge in [-0.3, -0.25) is 14.5 Å². The standard InChI is InChI=1S/C19H17FN2O2S/c1-12-7-8-13(2)16(9-12)21-11-22-18(23)17(25-19(22)24)10-14-5-3-4-6-15(14)20/h3-10,21H,11H2,1-2H3. The average molecular weight is 356 g/mol. The van der Waals surface area contributed by atoms with Gasteiger partial charge in [0.25, 0.3) is 11.1 Å². The SMILES string of the molecule is Cc1ccc(C)c(NCN2C(=O)SC(=Cc3ccccc3F)C2=O)c1. The fourth-order valence-electron chi connectivity index (χ4n) is 2.46. The van der Waals surface area contributed by atoms with E-state index < -0.39 is 11.7 Å². The molecule has 0 unspecified atom stereocenters. The molecule has 0 radical (unpaired) electrons. The third-order valence-electron chi connectivity index (χ3n) is 3.89. The van der Waals surface area contributed by atoms with Crippen molar-refractivity contribution in [2.45, 2.75) is 13.8 Å². The summed E-state index contributed by atoms with van der Waals surface area (Å²) in [6.45, 7) is 4.00. The topological polar surface area (TPSA) is 49.4 Å². The normalized spacial score (nSPS) is 16.0. The third kappa shape index (κ3) is 3.74. The third-order valence-corrected chi connectivity index (χ3v) is 4.79. The molecule has 2 amide bonds. The number of anilines is 1. The molecule has 128 valence electrons. The van der Waals surface area contributed by atoms with E-state index in [2.05, 4.69) is 5.32 Å². The minimum atomic E-state index is -0.428. The maximum atomic E-state index is 13.7. The molecule has 1 aliphatic rings. The zero-order chi connectivity index (χ0) is 18.0. The fourth-order valence-corrected chi connectivity index (χ4v) is 3.29. The van der Waals surface area contributed by atoms with Gasteiger partial charge in [0.15, 0.2) is 0 Å². The van der Waals surface area contributed by atoms with Crippen molar-refractivity contribution >= 4 is 34.7 Å².